The first-order valence-corrected chi connectivity index (χ1v) is 8.56. The molecule has 1 atom stereocenters. The van der Waals surface area contributed by atoms with Crippen molar-refractivity contribution in [3.8, 4) is 0 Å². The van der Waals surface area contributed by atoms with Gasteiger partial charge in [0.15, 0.2) is 0 Å². The Hall–Kier alpha value is -1.12. The first-order valence-electron chi connectivity index (χ1n) is 7.77. The molecule has 0 saturated carbocycles. The molecule has 0 radical (unpaired) electrons. The van der Waals surface area contributed by atoms with Crippen molar-refractivity contribution in [2.75, 3.05) is 13.1 Å². The minimum atomic E-state index is 0.519. The molecule has 0 aliphatic carbocycles. The van der Waals surface area contributed by atoms with Crippen LogP contribution in [0.3, 0.4) is 0 Å². The van der Waals surface area contributed by atoms with Crippen molar-refractivity contribution in [2.24, 2.45) is 0 Å². The molecule has 1 nitrogen and oxygen atoms in total. The van der Waals surface area contributed by atoms with E-state index in [1.54, 1.807) is 0 Å². The second-order valence-corrected chi connectivity index (χ2v) is 6.35. The molecule has 0 aromatic heterocycles. The number of benzene rings is 2. The Morgan fingerprint density at radius 3 is 2.10 bits per heavy atom. The van der Waals surface area contributed by atoms with Gasteiger partial charge in [-0.15, -0.1) is 0 Å². The fourth-order valence-electron chi connectivity index (χ4n) is 2.56. The average molecular weight is 346 g/mol. The van der Waals surface area contributed by atoms with E-state index in [1.807, 2.05) is 0 Å². The summed E-state index contributed by atoms with van der Waals surface area (Å²) in [5, 5.41) is 3.49. The molecular weight excluding hydrogens is 322 g/mol. The summed E-state index contributed by atoms with van der Waals surface area (Å²) in [5.41, 5.74) is 4.22. The summed E-state index contributed by atoms with van der Waals surface area (Å²) in [7, 11) is 0. The second-order valence-electron chi connectivity index (χ2n) is 5.43. The molecule has 112 valence electrons. The van der Waals surface area contributed by atoms with Gasteiger partial charge in [-0.05, 0) is 48.2 Å². The van der Waals surface area contributed by atoms with Crippen LogP contribution in [-0.4, -0.2) is 13.1 Å². The molecule has 0 saturated heterocycles. The van der Waals surface area contributed by atoms with Crippen LogP contribution in [0.2, 0.25) is 0 Å². The number of nitrogens with one attached hydrogen (secondary N) is 1. The van der Waals surface area contributed by atoms with Crippen LogP contribution >= 0.6 is 15.9 Å². The number of hydrogen-bond acceptors (Lipinski definition) is 1. The molecule has 2 heteroatoms. The molecule has 0 spiro atoms. The Kier molecular flexibility index (Phi) is 6.47. The molecule has 21 heavy (non-hydrogen) atoms. The van der Waals surface area contributed by atoms with Gasteiger partial charge in [0.1, 0.15) is 0 Å². The number of rotatable bonds is 7. The van der Waals surface area contributed by atoms with E-state index < -0.39 is 0 Å². The summed E-state index contributed by atoms with van der Waals surface area (Å²) >= 11 is 3.51. The predicted molar refractivity (Wildman–Crippen MR) is 95.0 cm³/mol. The lowest BCUT2D eigenvalue weighted by molar-refractivity contribution is 0.595. The summed E-state index contributed by atoms with van der Waals surface area (Å²) < 4.78 is 1.14. The summed E-state index contributed by atoms with van der Waals surface area (Å²) in [4.78, 5) is 0. The molecule has 2 aromatic rings. The summed E-state index contributed by atoms with van der Waals surface area (Å²) in [5.74, 6) is 0.519. The Balaban J connectivity index is 2.13. The smallest absolute Gasteiger partial charge is 0.0175 e. The zero-order valence-corrected chi connectivity index (χ0v) is 14.5. The molecule has 0 aliphatic heterocycles. The van der Waals surface area contributed by atoms with Crippen molar-refractivity contribution in [2.45, 2.75) is 32.6 Å². The molecule has 1 unspecified atom stereocenters. The fraction of sp³-hybridized carbons (Fsp3) is 0.368. The summed E-state index contributed by atoms with van der Waals surface area (Å²) in [6, 6.07) is 17.8. The van der Waals surface area contributed by atoms with Crippen LogP contribution in [0.4, 0.5) is 0 Å². The molecule has 0 heterocycles. The van der Waals surface area contributed by atoms with Gasteiger partial charge in [-0.25, -0.2) is 0 Å². The number of hydrogen-bond donors (Lipinski definition) is 1. The van der Waals surface area contributed by atoms with E-state index in [0.717, 1.165) is 30.4 Å². The average Bonchev–Trinajstić information content (AvgIpc) is 2.53. The lowest BCUT2D eigenvalue weighted by Gasteiger charge is -2.18. The molecule has 0 amide bonds. The van der Waals surface area contributed by atoms with E-state index in [-0.39, 0.29) is 0 Å². The van der Waals surface area contributed by atoms with Gasteiger partial charge in [0, 0.05) is 16.9 Å². The molecule has 2 rings (SSSR count). The third-order valence-corrected chi connectivity index (χ3v) is 4.42. The van der Waals surface area contributed by atoms with Crippen molar-refractivity contribution >= 4 is 15.9 Å². The van der Waals surface area contributed by atoms with Gasteiger partial charge in [0.05, 0.1) is 0 Å². The van der Waals surface area contributed by atoms with Crippen molar-refractivity contribution < 1.29 is 0 Å². The summed E-state index contributed by atoms with van der Waals surface area (Å²) in [6.07, 6.45) is 2.19. The van der Waals surface area contributed by atoms with Crippen LogP contribution in [0, 0.1) is 0 Å². The highest BCUT2D eigenvalue weighted by Gasteiger charge is 2.12. The van der Waals surface area contributed by atoms with Crippen LogP contribution in [0.1, 0.15) is 36.5 Å². The monoisotopic (exact) mass is 345 g/mol. The van der Waals surface area contributed by atoms with E-state index >= 15 is 0 Å². The van der Waals surface area contributed by atoms with Gasteiger partial charge in [-0.3, -0.25) is 0 Å². The molecule has 1 N–H and O–H groups in total. The predicted octanol–water partition coefficient (Wildman–Crippen LogP) is 4.95. The maximum Gasteiger partial charge on any atom is 0.0175 e. The minimum absolute atomic E-state index is 0.519. The van der Waals surface area contributed by atoms with Crippen molar-refractivity contribution in [1.29, 1.82) is 0 Å². The van der Waals surface area contributed by atoms with Crippen LogP contribution in [0.15, 0.2) is 53.0 Å². The third-order valence-electron chi connectivity index (χ3n) is 3.90. The topological polar surface area (TPSA) is 12.0 Å². The molecule has 2 aromatic carbocycles. The molecule has 0 fully saturated rings. The van der Waals surface area contributed by atoms with E-state index in [4.69, 9.17) is 0 Å². The zero-order valence-electron chi connectivity index (χ0n) is 12.9. The van der Waals surface area contributed by atoms with Crippen LogP contribution in [0.25, 0.3) is 0 Å². The lowest BCUT2D eigenvalue weighted by atomic mass is 9.91. The zero-order chi connectivity index (χ0) is 15.1. The largest absolute Gasteiger partial charge is 0.316 e. The fourth-order valence-corrected chi connectivity index (χ4v) is 2.82. The van der Waals surface area contributed by atoms with Gasteiger partial charge in [0.2, 0.25) is 0 Å². The molecule has 0 bridgehead atoms. The highest BCUT2D eigenvalue weighted by atomic mass is 79.9. The third kappa shape index (κ3) is 4.98. The van der Waals surface area contributed by atoms with E-state index in [2.05, 4.69) is 83.6 Å². The van der Waals surface area contributed by atoms with Crippen LogP contribution in [-0.2, 0) is 12.8 Å². The van der Waals surface area contributed by atoms with Crippen molar-refractivity contribution in [3.05, 3.63) is 69.7 Å². The van der Waals surface area contributed by atoms with Crippen molar-refractivity contribution in [1.82, 2.24) is 5.32 Å². The Morgan fingerprint density at radius 1 is 0.905 bits per heavy atom. The highest BCUT2D eigenvalue weighted by molar-refractivity contribution is 9.10. The maximum absolute atomic E-state index is 3.51. The SMILES string of the molecule is CCNCC(Cc1ccc(CC)cc1)c1ccc(Br)cc1. The lowest BCUT2D eigenvalue weighted by Crippen LogP contribution is -2.22. The van der Waals surface area contributed by atoms with Crippen molar-refractivity contribution in [3.63, 3.8) is 0 Å². The number of halogens is 1. The maximum atomic E-state index is 3.51. The van der Waals surface area contributed by atoms with Gasteiger partial charge >= 0.3 is 0 Å². The molecule has 0 aliphatic rings. The molecular formula is C19H24BrN. The van der Waals surface area contributed by atoms with E-state index in [9.17, 15) is 0 Å². The Bertz CT molecular complexity index is 530. The highest BCUT2D eigenvalue weighted by Crippen LogP contribution is 2.23. The van der Waals surface area contributed by atoms with Gasteiger partial charge in [0.25, 0.3) is 0 Å². The summed E-state index contributed by atoms with van der Waals surface area (Å²) in [6.45, 7) is 6.40. The Morgan fingerprint density at radius 2 is 1.52 bits per heavy atom. The van der Waals surface area contributed by atoms with E-state index in [0.29, 0.717) is 5.92 Å². The number of likely N-dealkylation sites (N-methyl/N-ethyl adjacent to an activating group) is 1. The van der Waals surface area contributed by atoms with Gasteiger partial charge < -0.3 is 5.32 Å². The van der Waals surface area contributed by atoms with Crippen LogP contribution < -0.4 is 5.32 Å². The number of aryl methyl sites for hydroxylation is 1. The van der Waals surface area contributed by atoms with E-state index in [1.165, 1.54) is 16.7 Å². The normalized spacial score (nSPS) is 12.3. The first-order chi connectivity index (χ1) is 10.2. The first kappa shape index (κ1) is 16.3. The minimum Gasteiger partial charge on any atom is -0.316 e. The quantitative estimate of drug-likeness (QED) is 0.748. The second kappa shape index (κ2) is 8.35. The van der Waals surface area contributed by atoms with Crippen LogP contribution in [0.5, 0.6) is 0 Å². The Labute approximate surface area is 136 Å². The van der Waals surface area contributed by atoms with Gasteiger partial charge in [-0.2, -0.15) is 0 Å². The van der Waals surface area contributed by atoms with Gasteiger partial charge in [-0.1, -0.05) is 66.2 Å². The standard InChI is InChI=1S/C19H24BrN/c1-3-15-5-7-16(8-6-15)13-18(14-21-4-2)17-9-11-19(20)12-10-17/h5-12,18,21H,3-4,13-14H2,1-2H3.